The van der Waals surface area contributed by atoms with Gasteiger partial charge in [-0.15, -0.1) is 0 Å². The van der Waals surface area contributed by atoms with E-state index in [1.165, 1.54) is 26.8 Å². The maximum Gasteiger partial charge on any atom is 0.340 e. The van der Waals surface area contributed by atoms with Crippen LogP contribution in [0.3, 0.4) is 0 Å². The summed E-state index contributed by atoms with van der Waals surface area (Å²) in [7, 11) is 0. The van der Waals surface area contributed by atoms with Gasteiger partial charge in [0, 0.05) is 11.3 Å². The zero-order chi connectivity index (χ0) is 21.6. The quantitative estimate of drug-likeness (QED) is 0.422. The molecule has 2 N–H and O–H groups in total. The highest BCUT2D eigenvalue weighted by Gasteiger charge is 2.36. The van der Waals surface area contributed by atoms with Gasteiger partial charge in [-0.25, -0.2) is 4.79 Å². The molecule has 0 aliphatic carbocycles. The van der Waals surface area contributed by atoms with Gasteiger partial charge in [-0.1, -0.05) is 12.1 Å². The lowest BCUT2D eigenvalue weighted by atomic mass is 9.90. The number of rotatable bonds is 7. The van der Waals surface area contributed by atoms with Crippen LogP contribution in [0.2, 0.25) is 0 Å². The van der Waals surface area contributed by atoms with Crippen molar-refractivity contribution in [2.45, 2.75) is 27.7 Å². The van der Waals surface area contributed by atoms with Crippen molar-refractivity contribution in [1.82, 2.24) is 0 Å². The summed E-state index contributed by atoms with van der Waals surface area (Å²) in [6, 6.07) is 12.8. The monoisotopic (exact) mass is 396 g/mol. The molecule has 2 amide bonds. The lowest BCUT2D eigenvalue weighted by Crippen LogP contribution is -2.41. The highest BCUT2D eigenvalue weighted by molar-refractivity contribution is 6.15. The van der Waals surface area contributed by atoms with Gasteiger partial charge in [-0.2, -0.15) is 0 Å². The maximum absolute atomic E-state index is 12.8. The van der Waals surface area contributed by atoms with Gasteiger partial charge >= 0.3 is 5.97 Å². The van der Waals surface area contributed by atoms with Crippen LogP contribution < -0.4 is 10.6 Å². The fourth-order valence-corrected chi connectivity index (χ4v) is 2.44. The van der Waals surface area contributed by atoms with Gasteiger partial charge < -0.3 is 15.4 Å². The van der Waals surface area contributed by atoms with Crippen LogP contribution in [-0.4, -0.2) is 30.2 Å². The van der Waals surface area contributed by atoms with Crippen molar-refractivity contribution in [3.63, 3.8) is 0 Å². The van der Waals surface area contributed by atoms with Crippen LogP contribution in [0.5, 0.6) is 0 Å². The molecule has 0 saturated carbocycles. The largest absolute Gasteiger partial charge is 0.462 e. The molecule has 7 heteroatoms. The van der Waals surface area contributed by atoms with Crippen molar-refractivity contribution < 1.29 is 23.9 Å². The van der Waals surface area contributed by atoms with Crippen molar-refractivity contribution in [3.8, 4) is 0 Å². The van der Waals surface area contributed by atoms with Crippen LogP contribution in [0, 0.1) is 5.41 Å². The molecule has 0 atom stereocenters. The Bertz CT molecular complexity index is 932. The number of hydrogen-bond acceptors (Lipinski definition) is 5. The van der Waals surface area contributed by atoms with Crippen LogP contribution in [0.1, 0.15) is 48.4 Å². The standard InChI is InChI=1S/C22H24N2O5/c1-5-29-19(26)17-8-6-7-9-18(17)24-21(28)22(3,4)20(27)23-16-12-10-15(11-13-16)14(2)25/h6-13H,5H2,1-4H3,(H,23,27)(H,24,28). The average molecular weight is 396 g/mol. The van der Waals surface area contributed by atoms with E-state index in [0.717, 1.165) is 0 Å². The molecule has 0 bridgehead atoms. The molecule has 2 aromatic rings. The van der Waals surface area contributed by atoms with Crippen molar-refractivity contribution in [1.29, 1.82) is 0 Å². The fraction of sp³-hybridized carbons (Fsp3) is 0.273. The number of ketones is 1. The number of Topliss-reactive ketones (excluding diaryl/α,β-unsaturated/α-hetero) is 1. The van der Waals surface area contributed by atoms with Gasteiger partial charge in [0.2, 0.25) is 11.8 Å². The zero-order valence-corrected chi connectivity index (χ0v) is 16.9. The van der Waals surface area contributed by atoms with Crippen LogP contribution in [-0.2, 0) is 14.3 Å². The average Bonchev–Trinajstić information content (AvgIpc) is 2.68. The molecule has 0 spiro atoms. The Balaban J connectivity index is 2.14. The van der Waals surface area contributed by atoms with Crippen molar-refractivity contribution >= 4 is 34.9 Å². The minimum Gasteiger partial charge on any atom is -0.462 e. The molecule has 0 aliphatic rings. The predicted octanol–water partition coefficient (Wildman–Crippen LogP) is 3.67. The summed E-state index contributed by atoms with van der Waals surface area (Å²) in [5.41, 5.74) is 0.0332. The first-order valence-corrected chi connectivity index (χ1v) is 9.17. The van der Waals surface area contributed by atoms with Crippen LogP contribution in [0.4, 0.5) is 11.4 Å². The molecule has 29 heavy (non-hydrogen) atoms. The van der Waals surface area contributed by atoms with E-state index in [1.54, 1.807) is 49.4 Å². The molecule has 0 aliphatic heterocycles. The fourth-order valence-electron chi connectivity index (χ4n) is 2.44. The third kappa shape index (κ3) is 5.28. The lowest BCUT2D eigenvalue weighted by molar-refractivity contribution is -0.135. The van der Waals surface area contributed by atoms with E-state index >= 15 is 0 Å². The first kappa shape index (κ1) is 21.8. The van der Waals surface area contributed by atoms with Crippen LogP contribution >= 0.6 is 0 Å². The van der Waals surface area contributed by atoms with E-state index in [2.05, 4.69) is 10.6 Å². The first-order chi connectivity index (χ1) is 13.7. The summed E-state index contributed by atoms with van der Waals surface area (Å²) in [4.78, 5) is 48.9. The second kappa shape index (κ2) is 9.14. The molecule has 0 saturated heterocycles. The maximum atomic E-state index is 12.8. The highest BCUT2D eigenvalue weighted by Crippen LogP contribution is 2.24. The van der Waals surface area contributed by atoms with Gasteiger partial charge in [0.1, 0.15) is 5.41 Å². The topological polar surface area (TPSA) is 102 Å². The van der Waals surface area contributed by atoms with Gasteiger partial charge in [0.15, 0.2) is 5.78 Å². The van der Waals surface area contributed by atoms with E-state index < -0.39 is 23.2 Å². The third-order valence-corrected chi connectivity index (χ3v) is 4.36. The SMILES string of the molecule is CCOC(=O)c1ccccc1NC(=O)C(C)(C)C(=O)Nc1ccc(C(C)=O)cc1. The summed E-state index contributed by atoms with van der Waals surface area (Å²) in [5.74, 6) is -1.75. The molecule has 0 radical (unpaired) electrons. The van der Waals surface area contributed by atoms with Gasteiger partial charge in [0.25, 0.3) is 0 Å². The van der Waals surface area contributed by atoms with Crippen molar-refractivity contribution in [2.75, 3.05) is 17.2 Å². The number of carbonyl (C=O) groups is 4. The Kier molecular flexibility index (Phi) is 6.88. The molecule has 0 unspecified atom stereocenters. The number of esters is 1. The number of anilines is 2. The third-order valence-electron chi connectivity index (χ3n) is 4.36. The molecule has 2 aromatic carbocycles. The summed E-state index contributed by atoms with van der Waals surface area (Å²) in [6.45, 7) is 6.31. The molecule has 0 heterocycles. The van der Waals surface area contributed by atoms with Gasteiger partial charge in [0.05, 0.1) is 17.9 Å². The highest BCUT2D eigenvalue weighted by atomic mass is 16.5. The molecule has 0 aromatic heterocycles. The van der Waals surface area contributed by atoms with E-state index in [0.29, 0.717) is 11.3 Å². The predicted molar refractivity (Wildman–Crippen MR) is 110 cm³/mol. The Labute approximate surface area is 169 Å². The number of para-hydroxylation sites is 1. The number of amides is 2. The van der Waals surface area contributed by atoms with Gasteiger partial charge in [-0.3, -0.25) is 14.4 Å². The molecule has 152 valence electrons. The summed E-state index contributed by atoms with van der Waals surface area (Å²) in [6.07, 6.45) is 0. The Hall–Kier alpha value is -3.48. The Morgan fingerprint density at radius 3 is 2.07 bits per heavy atom. The second-order valence-corrected chi connectivity index (χ2v) is 6.93. The van der Waals surface area contributed by atoms with Crippen molar-refractivity contribution in [3.05, 3.63) is 59.7 Å². The first-order valence-electron chi connectivity index (χ1n) is 9.17. The molecule has 0 fully saturated rings. The van der Waals surface area contributed by atoms with Gasteiger partial charge in [-0.05, 0) is 64.1 Å². The number of benzene rings is 2. The second-order valence-electron chi connectivity index (χ2n) is 6.93. The van der Waals surface area contributed by atoms with E-state index in [4.69, 9.17) is 4.74 Å². The van der Waals surface area contributed by atoms with Crippen LogP contribution in [0.15, 0.2) is 48.5 Å². The van der Waals surface area contributed by atoms with E-state index in [-0.39, 0.29) is 23.6 Å². The normalized spacial score (nSPS) is 10.8. The number of hydrogen-bond donors (Lipinski definition) is 2. The Morgan fingerprint density at radius 1 is 0.897 bits per heavy atom. The summed E-state index contributed by atoms with van der Waals surface area (Å²) in [5, 5.41) is 5.31. The number of carbonyl (C=O) groups excluding carboxylic acids is 4. The van der Waals surface area contributed by atoms with Crippen molar-refractivity contribution in [2.24, 2.45) is 5.41 Å². The lowest BCUT2D eigenvalue weighted by Gasteiger charge is -2.23. The molecular weight excluding hydrogens is 372 g/mol. The Morgan fingerprint density at radius 2 is 1.48 bits per heavy atom. The molecule has 7 nitrogen and oxygen atoms in total. The van der Waals surface area contributed by atoms with E-state index in [1.807, 2.05) is 0 Å². The molecule has 2 rings (SSSR count). The zero-order valence-electron chi connectivity index (χ0n) is 16.9. The number of ether oxygens (including phenoxy) is 1. The molecular formula is C22H24N2O5. The summed E-state index contributed by atoms with van der Waals surface area (Å²) >= 11 is 0. The minimum atomic E-state index is -1.43. The minimum absolute atomic E-state index is 0.0807. The smallest absolute Gasteiger partial charge is 0.340 e. The van der Waals surface area contributed by atoms with Crippen LogP contribution in [0.25, 0.3) is 0 Å². The summed E-state index contributed by atoms with van der Waals surface area (Å²) < 4.78 is 5.00. The van der Waals surface area contributed by atoms with E-state index in [9.17, 15) is 19.2 Å². The number of nitrogens with one attached hydrogen (secondary N) is 2.